The Morgan fingerprint density at radius 2 is 2.00 bits per heavy atom. The average molecular weight is 317 g/mol. The van der Waals surface area contributed by atoms with Crippen LogP contribution in [0, 0.1) is 0 Å². The minimum Gasteiger partial charge on any atom is -0.248 e. The molecule has 1 aromatic heterocycles. The first-order valence-electron chi connectivity index (χ1n) is 5.65. The van der Waals surface area contributed by atoms with Crippen molar-refractivity contribution in [1.29, 1.82) is 0 Å². The number of halogens is 1. The Labute approximate surface area is 121 Å². The Balaban J connectivity index is 2.06. The number of aryl methyl sites for hydroxylation is 1. The van der Waals surface area contributed by atoms with Gasteiger partial charge in [-0.15, -0.1) is 22.9 Å². The molecular weight excluding hydrogens is 304 g/mol. The van der Waals surface area contributed by atoms with E-state index >= 15 is 0 Å². The Morgan fingerprint density at radius 3 is 2.58 bits per heavy atom. The Hall–Kier alpha value is -0.950. The molecule has 2 aromatic rings. The topological polar surface area (TPSA) is 59.1 Å². The van der Waals surface area contributed by atoms with Gasteiger partial charge < -0.3 is 0 Å². The van der Waals surface area contributed by atoms with Crippen LogP contribution in [0.15, 0.2) is 40.7 Å². The molecular formula is C12H13ClN2O2S2. The number of nitrogens with one attached hydrogen (secondary N) is 1. The summed E-state index contributed by atoms with van der Waals surface area (Å²) in [6.07, 6.45) is 2.38. The maximum Gasteiger partial charge on any atom is 0.240 e. The molecule has 0 spiro atoms. The van der Waals surface area contributed by atoms with Crippen LogP contribution in [0.1, 0.15) is 10.6 Å². The number of sulfonamides is 1. The molecule has 4 nitrogen and oxygen atoms in total. The third kappa shape index (κ3) is 4.01. The fraction of sp³-hybridized carbons (Fsp3) is 0.250. The molecule has 0 aliphatic carbocycles. The second kappa shape index (κ2) is 6.47. The number of nitrogens with zero attached hydrogens (tertiary/aromatic N) is 1. The van der Waals surface area contributed by atoms with Crippen molar-refractivity contribution in [2.45, 2.75) is 17.9 Å². The molecule has 7 heteroatoms. The van der Waals surface area contributed by atoms with Crippen LogP contribution >= 0.6 is 22.9 Å². The van der Waals surface area contributed by atoms with E-state index in [1.165, 1.54) is 11.3 Å². The molecule has 0 atom stereocenters. The Kier molecular flexibility index (Phi) is 4.93. The third-order valence-corrected chi connectivity index (χ3v) is 4.90. The smallest absolute Gasteiger partial charge is 0.240 e. The summed E-state index contributed by atoms with van der Waals surface area (Å²) in [7, 11) is -3.48. The zero-order chi connectivity index (χ0) is 13.7. The van der Waals surface area contributed by atoms with E-state index in [4.69, 9.17) is 11.6 Å². The molecule has 1 aromatic carbocycles. The van der Waals surface area contributed by atoms with Gasteiger partial charge >= 0.3 is 0 Å². The molecule has 0 aliphatic rings. The maximum atomic E-state index is 12.0. The van der Waals surface area contributed by atoms with Crippen molar-refractivity contribution >= 4 is 33.0 Å². The molecule has 2 rings (SSSR count). The minimum atomic E-state index is -3.48. The van der Waals surface area contributed by atoms with Crippen LogP contribution in [0.2, 0.25) is 0 Å². The van der Waals surface area contributed by atoms with Crippen LogP contribution in [-0.2, 0) is 23.0 Å². The van der Waals surface area contributed by atoms with Crippen molar-refractivity contribution in [2.24, 2.45) is 0 Å². The van der Waals surface area contributed by atoms with Crippen LogP contribution in [0.4, 0.5) is 0 Å². The van der Waals surface area contributed by atoms with E-state index in [9.17, 15) is 8.42 Å². The third-order valence-electron chi connectivity index (χ3n) is 2.51. The van der Waals surface area contributed by atoms with Crippen molar-refractivity contribution in [1.82, 2.24) is 9.71 Å². The van der Waals surface area contributed by atoms with Gasteiger partial charge in [0, 0.05) is 17.5 Å². The van der Waals surface area contributed by atoms with Gasteiger partial charge in [0.25, 0.3) is 0 Å². The number of benzene rings is 1. The van der Waals surface area contributed by atoms with E-state index in [-0.39, 0.29) is 11.4 Å². The zero-order valence-electron chi connectivity index (χ0n) is 10.0. The molecule has 1 heterocycles. The van der Waals surface area contributed by atoms with Crippen molar-refractivity contribution < 1.29 is 8.42 Å². The van der Waals surface area contributed by atoms with E-state index in [2.05, 4.69) is 9.71 Å². The number of alkyl halides is 1. The molecule has 0 saturated heterocycles. The predicted octanol–water partition coefficient (Wildman–Crippen LogP) is 2.40. The summed E-state index contributed by atoms with van der Waals surface area (Å²) >= 11 is 7.05. The highest BCUT2D eigenvalue weighted by Gasteiger charge is 2.13. The van der Waals surface area contributed by atoms with Gasteiger partial charge in [0.05, 0.1) is 11.4 Å². The lowest BCUT2D eigenvalue weighted by Gasteiger charge is -2.06. The molecule has 0 unspecified atom stereocenters. The molecule has 0 saturated carbocycles. The minimum absolute atomic E-state index is 0.212. The lowest BCUT2D eigenvalue weighted by Crippen LogP contribution is -2.23. The number of hydrogen-bond donors (Lipinski definition) is 1. The fourth-order valence-corrected chi connectivity index (χ4v) is 3.38. The van der Waals surface area contributed by atoms with Crippen molar-refractivity contribution in [3.63, 3.8) is 0 Å². The van der Waals surface area contributed by atoms with E-state index in [1.54, 1.807) is 30.5 Å². The molecule has 102 valence electrons. The monoisotopic (exact) mass is 316 g/mol. The van der Waals surface area contributed by atoms with Gasteiger partial charge in [-0.25, -0.2) is 18.1 Å². The maximum absolute atomic E-state index is 12.0. The van der Waals surface area contributed by atoms with Crippen LogP contribution < -0.4 is 4.72 Å². The summed E-state index contributed by atoms with van der Waals surface area (Å²) in [5, 5.41) is 2.55. The van der Waals surface area contributed by atoms with Crippen molar-refractivity contribution in [2.75, 3.05) is 5.88 Å². The van der Waals surface area contributed by atoms with Crippen LogP contribution in [0.3, 0.4) is 0 Å². The fourth-order valence-electron chi connectivity index (χ4n) is 1.52. The van der Waals surface area contributed by atoms with Crippen molar-refractivity contribution in [3.05, 3.63) is 46.4 Å². The SMILES string of the molecule is O=S(=O)(NCc1nccs1)c1ccc(CCCl)cc1. The molecule has 0 fully saturated rings. The average Bonchev–Trinajstić information content (AvgIpc) is 2.91. The predicted molar refractivity (Wildman–Crippen MR) is 77.0 cm³/mol. The summed E-state index contributed by atoms with van der Waals surface area (Å²) in [6.45, 7) is 0.212. The summed E-state index contributed by atoms with van der Waals surface area (Å²) in [4.78, 5) is 4.28. The van der Waals surface area contributed by atoms with Gasteiger partial charge in [-0.2, -0.15) is 0 Å². The van der Waals surface area contributed by atoms with Gasteiger partial charge in [-0.3, -0.25) is 0 Å². The van der Waals surface area contributed by atoms with Gasteiger partial charge in [-0.05, 0) is 24.1 Å². The van der Waals surface area contributed by atoms with Crippen LogP contribution in [-0.4, -0.2) is 19.3 Å². The van der Waals surface area contributed by atoms with E-state index in [0.717, 1.165) is 17.0 Å². The van der Waals surface area contributed by atoms with Gasteiger partial charge in [-0.1, -0.05) is 12.1 Å². The molecule has 19 heavy (non-hydrogen) atoms. The van der Waals surface area contributed by atoms with E-state index in [0.29, 0.717) is 5.88 Å². The molecule has 0 radical (unpaired) electrons. The second-order valence-electron chi connectivity index (χ2n) is 3.83. The number of thiazole rings is 1. The lowest BCUT2D eigenvalue weighted by molar-refractivity contribution is 0.581. The van der Waals surface area contributed by atoms with Gasteiger partial charge in [0.2, 0.25) is 10.0 Å². The molecule has 0 bridgehead atoms. The Bertz CT molecular complexity index is 610. The summed E-state index contributed by atoms with van der Waals surface area (Å²) in [5.41, 5.74) is 1.02. The summed E-state index contributed by atoms with van der Waals surface area (Å²) in [6, 6.07) is 6.73. The second-order valence-corrected chi connectivity index (χ2v) is 6.96. The molecule has 0 aliphatic heterocycles. The highest BCUT2D eigenvalue weighted by molar-refractivity contribution is 7.89. The first-order valence-corrected chi connectivity index (χ1v) is 8.54. The molecule has 0 amide bonds. The van der Waals surface area contributed by atoms with E-state index in [1.807, 2.05) is 5.38 Å². The van der Waals surface area contributed by atoms with E-state index < -0.39 is 10.0 Å². The largest absolute Gasteiger partial charge is 0.248 e. The Morgan fingerprint density at radius 1 is 1.26 bits per heavy atom. The first kappa shape index (κ1) is 14.5. The number of hydrogen-bond acceptors (Lipinski definition) is 4. The summed E-state index contributed by atoms with van der Waals surface area (Å²) < 4.78 is 26.6. The quantitative estimate of drug-likeness (QED) is 0.833. The normalized spacial score (nSPS) is 11.6. The molecule has 1 N–H and O–H groups in total. The van der Waals surface area contributed by atoms with Crippen LogP contribution in [0.25, 0.3) is 0 Å². The standard InChI is InChI=1S/C12H13ClN2O2S2/c13-6-5-10-1-3-11(4-2-10)19(16,17)15-9-12-14-7-8-18-12/h1-4,7-8,15H,5-6,9H2. The highest BCUT2D eigenvalue weighted by Crippen LogP contribution is 2.12. The number of rotatable bonds is 6. The van der Waals surface area contributed by atoms with Gasteiger partial charge in [0.15, 0.2) is 0 Å². The zero-order valence-corrected chi connectivity index (χ0v) is 12.4. The lowest BCUT2D eigenvalue weighted by atomic mass is 10.2. The van der Waals surface area contributed by atoms with Gasteiger partial charge in [0.1, 0.15) is 5.01 Å². The summed E-state index contributed by atoms with van der Waals surface area (Å²) in [5.74, 6) is 0.522. The van der Waals surface area contributed by atoms with Crippen molar-refractivity contribution in [3.8, 4) is 0 Å². The van der Waals surface area contributed by atoms with Crippen LogP contribution in [0.5, 0.6) is 0 Å². The highest BCUT2D eigenvalue weighted by atomic mass is 35.5. The first-order chi connectivity index (χ1) is 9.12. The number of aromatic nitrogens is 1.